The van der Waals surface area contributed by atoms with E-state index in [-0.39, 0.29) is 37.6 Å². The highest BCUT2D eigenvalue weighted by Crippen LogP contribution is 2.34. The van der Waals surface area contributed by atoms with Gasteiger partial charge in [-0.2, -0.15) is 0 Å². The van der Waals surface area contributed by atoms with Crippen molar-refractivity contribution in [1.29, 1.82) is 0 Å². The largest absolute Gasteiger partial charge is 0.491 e. The van der Waals surface area contributed by atoms with E-state index in [2.05, 4.69) is 10.3 Å². The van der Waals surface area contributed by atoms with E-state index >= 15 is 0 Å². The number of aromatic amines is 1. The second-order valence-corrected chi connectivity index (χ2v) is 9.56. The summed E-state index contributed by atoms with van der Waals surface area (Å²) in [7, 11) is 0. The van der Waals surface area contributed by atoms with Gasteiger partial charge in [-0.05, 0) is 43.5 Å². The van der Waals surface area contributed by atoms with Crippen molar-refractivity contribution in [3.63, 3.8) is 0 Å². The van der Waals surface area contributed by atoms with Crippen molar-refractivity contribution < 1.29 is 24.5 Å². The van der Waals surface area contributed by atoms with Gasteiger partial charge in [-0.3, -0.25) is 9.69 Å². The Morgan fingerprint density at radius 3 is 2.31 bits per heavy atom. The van der Waals surface area contributed by atoms with E-state index in [9.17, 15) is 9.59 Å². The van der Waals surface area contributed by atoms with Crippen molar-refractivity contribution >= 4 is 23.5 Å². The Kier molecular flexibility index (Phi) is 12.4. The number of amides is 3. The smallest absolute Gasteiger partial charge is 0.325 e. The number of imide groups is 1. The van der Waals surface area contributed by atoms with Crippen LogP contribution in [0.3, 0.4) is 0 Å². The lowest BCUT2D eigenvalue weighted by molar-refractivity contribution is -0.127. The molecule has 1 aliphatic heterocycles. The molecule has 1 saturated heterocycles. The summed E-state index contributed by atoms with van der Waals surface area (Å²) in [6.07, 6.45) is -0.801. The van der Waals surface area contributed by atoms with Crippen LogP contribution in [0.15, 0.2) is 48.5 Å². The molecule has 1 fully saturated rings. The Morgan fingerprint density at radius 2 is 1.77 bits per heavy atom. The Balaban J connectivity index is 0.000000320. The summed E-state index contributed by atoms with van der Waals surface area (Å²) in [6.45, 7) is 11.7. The number of nitrogens with one attached hydrogen (secondary N) is 2. The van der Waals surface area contributed by atoms with Crippen LogP contribution in [0.2, 0.25) is 5.02 Å². The van der Waals surface area contributed by atoms with Crippen molar-refractivity contribution in [2.24, 2.45) is 5.92 Å². The van der Waals surface area contributed by atoms with Crippen molar-refractivity contribution in [1.82, 2.24) is 20.2 Å². The van der Waals surface area contributed by atoms with Crippen molar-refractivity contribution in [3.05, 3.63) is 70.6 Å². The normalized spacial score (nSPS) is 14.2. The standard InChI is InChI=1S/C18H21ClN4O2.C9H12O3.C2H6/c1-9(2)16(23-14(24)8-20-18(23)25)17-21-11(4)15(22-17)12-6-5-10(3)7-13(12)19;10-6-8(11)7-12-9-4-2-1-3-5-9;1-2/h5-7,9,16H,8H2,1-4H3,(H,20,25)(H,21,22);1-5,8,10-11H,6-7H2;1-2H3. The van der Waals surface area contributed by atoms with E-state index in [1.807, 2.05) is 77.9 Å². The molecule has 4 N–H and O–H groups in total. The number of hydrogen-bond donors (Lipinski definition) is 4. The van der Waals surface area contributed by atoms with Crippen molar-refractivity contribution in [2.45, 2.75) is 53.7 Å². The van der Waals surface area contributed by atoms with Crippen LogP contribution in [0.1, 0.15) is 50.8 Å². The van der Waals surface area contributed by atoms with Gasteiger partial charge in [0.25, 0.3) is 5.91 Å². The summed E-state index contributed by atoms with van der Waals surface area (Å²) in [4.78, 5) is 33.4. The van der Waals surface area contributed by atoms with Gasteiger partial charge in [0.05, 0.1) is 23.9 Å². The average molecular weight is 559 g/mol. The number of carbonyl (C=O) groups excluding carboxylic acids is 2. The molecule has 4 rings (SSSR count). The molecule has 9 nitrogen and oxygen atoms in total. The molecule has 2 unspecified atom stereocenters. The molecule has 0 bridgehead atoms. The molecule has 2 heterocycles. The van der Waals surface area contributed by atoms with Gasteiger partial charge in [-0.1, -0.05) is 69.6 Å². The van der Waals surface area contributed by atoms with Gasteiger partial charge >= 0.3 is 6.03 Å². The minimum Gasteiger partial charge on any atom is -0.491 e. The fourth-order valence-electron chi connectivity index (χ4n) is 3.91. The number of imidazole rings is 1. The number of rotatable bonds is 8. The highest BCUT2D eigenvalue weighted by Gasteiger charge is 2.39. The summed E-state index contributed by atoms with van der Waals surface area (Å²) < 4.78 is 5.15. The van der Waals surface area contributed by atoms with Crippen LogP contribution in [0.4, 0.5) is 4.79 Å². The lowest BCUT2D eigenvalue weighted by atomic mass is 10.0. The Bertz CT molecular complexity index is 1200. The monoisotopic (exact) mass is 558 g/mol. The molecular formula is C29H39ClN4O5. The first kappa shape index (κ1) is 31.8. The third-order valence-electron chi connectivity index (χ3n) is 5.75. The van der Waals surface area contributed by atoms with Crippen LogP contribution in [-0.4, -0.2) is 62.9 Å². The molecule has 212 valence electrons. The number of carbonyl (C=O) groups is 2. The van der Waals surface area contributed by atoms with Crippen LogP contribution in [0, 0.1) is 19.8 Å². The van der Waals surface area contributed by atoms with Gasteiger partial charge in [0.1, 0.15) is 30.3 Å². The van der Waals surface area contributed by atoms with Crippen LogP contribution < -0.4 is 10.1 Å². The van der Waals surface area contributed by atoms with E-state index in [0.717, 1.165) is 22.5 Å². The number of aliphatic hydroxyl groups excluding tert-OH is 2. The number of nitrogens with zero attached hydrogens (tertiary/aromatic N) is 2. The number of halogens is 1. The third-order valence-corrected chi connectivity index (χ3v) is 6.06. The maximum absolute atomic E-state index is 12.1. The first-order valence-corrected chi connectivity index (χ1v) is 13.4. The molecule has 1 aliphatic rings. The molecule has 0 radical (unpaired) electrons. The Labute approximate surface area is 235 Å². The number of aromatic nitrogens is 2. The van der Waals surface area contributed by atoms with Crippen molar-refractivity contribution in [3.8, 4) is 17.0 Å². The average Bonchev–Trinajstić information content (AvgIpc) is 3.46. The zero-order chi connectivity index (χ0) is 29.1. The highest BCUT2D eigenvalue weighted by molar-refractivity contribution is 6.33. The minimum absolute atomic E-state index is 0.0136. The number of hydrogen-bond acceptors (Lipinski definition) is 6. The lowest BCUT2D eigenvalue weighted by Crippen LogP contribution is -2.38. The highest BCUT2D eigenvalue weighted by atomic mass is 35.5. The number of benzene rings is 2. The fourth-order valence-corrected chi connectivity index (χ4v) is 4.24. The molecule has 39 heavy (non-hydrogen) atoms. The SMILES string of the molecule is CC.Cc1ccc(-c2nc(C(C(C)C)N3C(=O)CNC3=O)[nH]c2C)c(Cl)c1.OCC(O)COc1ccccc1. The van der Waals surface area contributed by atoms with E-state index in [1.54, 1.807) is 12.1 Å². The molecule has 2 atom stereocenters. The topological polar surface area (TPSA) is 128 Å². The maximum Gasteiger partial charge on any atom is 0.325 e. The molecule has 0 spiro atoms. The Hall–Kier alpha value is -3.40. The first-order chi connectivity index (χ1) is 18.6. The quantitative estimate of drug-likeness (QED) is 0.287. The van der Waals surface area contributed by atoms with E-state index in [1.165, 1.54) is 4.90 Å². The predicted octanol–water partition coefficient (Wildman–Crippen LogP) is 5.04. The summed E-state index contributed by atoms with van der Waals surface area (Å²) in [5.74, 6) is 1.06. The van der Waals surface area contributed by atoms with E-state index in [4.69, 9.17) is 31.5 Å². The Morgan fingerprint density at radius 1 is 1.10 bits per heavy atom. The zero-order valence-corrected chi connectivity index (χ0v) is 24.1. The summed E-state index contributed by atoms with van der Waals surface area (Å²) in [5, 5.41) is 20.6. The van der Waals surface area contributed by atoms with Gasteiger partial charge in [0.2, 0.25) is 0 Å². The van der Waals surface area contributed by atoms with Gasteiger partial charge in [-0.15, -0.1) is 0 Å². The second-order valence-electron chi connectivity index (χ2n) is 9.15. The van der Waals surface area contributed by atoms with E-state index < -0.39 is 12.1 Å². The third kappa shape index (κ3) is 8.54. The minimum atomic E-state index is -0.801. The fraction of sp³-hybridized carbons (Fsp3) is 0.414. The first-order valence-electron chi connectivity index (χ1n) is 13.0. The maximum atomic E-state index is 12.1. The number of urea groups is 1. The molecule has 3 amide bonds. The number of aryl methyl sites for hydroxylation is 2. The molecule has 10 heteroatoms. The molecule has 3 aromatic rings. The van der Waals surface area contributed by atoms with Crippen LogP contribution >= 0.6 is 11.6 Å². The van der Waals surface area contributed by atoms with E-state index in [0.29, 0.717) is 16.6 Å². The molecule has 0 saturated carbocycles. The molecular weight excluding hydrogens is 520 g/mol. The number of ether oxygens (including phenoxy) is 1. The molecule has 1 aromatic heterocycles. The number of para-hydroxylation sites is 1. The van der Waals surface area contributed by atoms with Crippen LogP contribution in [-0.2, 0) is 4.79 Å². The predicted molar refractivity (Wildman–Crippen MR) is 153 cm³/mol. The number of H-pyrrole nitrogens is 1. The van der Waals surface area contributed by atoms with Gasteiger partial charge in [0, 0.05) is 11.3 Å². The molecule has 0 aliphatic carbocycles. The summed E-state index contributed by atoms with van der Waals surface area (Å²) in [6, 6.07) is 14.1. The van der Waals surface area contributed by atoms with Gasteiger partial charge in [0.15, 0.2) is 0 Å². The summed E-state index contributed by atoms with van der Waals surface area (Å²) in [5.41, 5.74) is 3.48. The van der Waals surface area contributed by atoms with Crippen LogP contribution in [0.25, 0.3) is 11.3 Å². The summed E-state index contributed by atoms with van der Waals surface area (Å²) >= 11 is 6.38. The van der Waals surface area contributed by atoms with Crippen molar-refractivity contribution in [2.75, 3.05) is 19.8 Å². The lowest BCUT2D eigenvalue weighted by Gasteiger charge is -2.26. The molecule has 2 aromatic carbocycles. The zero-order valence-electron chi connectivity index (χ0n) is 23.4. The number of aliphatic hydroxyl groups is 2. The van der Waals surface area contributed by atoms with Gasteiger partial charge in [-0.25, -0.2) is 9.78 Å². The van der Waals surface area contributed by atoms with Crippen LogP contribution in [0.5, 0.6) is 5.75 Å². The second kappa shape index (κ2) is 15.3. The van der Waals surface area contributed by atoms with Gasteiger partial charge < -0.3 is 25.3 Å².